The number of carbonyl (C=O) groups is 2. The van der Waals surface area contributed by atoms with E-state index in [0.29, 0.717) is 11.3 Å². The molecule has 0 aliphatic rings. The highest BCUT2D eigenvalue weighted by atomic mass is 16.5. The fourth-order valence-electron chi connectivity index (χ4n) is 2.75. The lowest BCUT2D eigenvalue weighted by molar-refractivity contribution is -0.149. The Morgan fingerprint density at radius 1 is 1.10 bits per heavy atom. The van der Waals surface area contributed by atoms with Crippen molar-refractivity contribution in [1.82, 2.24) is 14.9 Å². The number of rotatable bonds is 7. The van der Waals surface area contributed by atoms with Gasteiger partial charge in [-0.3, -0.25) is 23.9 Å². The third kappa shape index (κ3) is 4.89. The quantitative estimate of drug-likeness (QED) is 0.562. The smallest absolute Gasteiger partial charge is 0.329 e. The summed E-state index contributed by atoms with van der Waals surface area (Å²) < 4.78 is 11.2. The van der Waals surface area contributed by atoms with Gasteiger partial charge in [-0.1, -0.05) is 24.3 Å². The highest BCUT2D eigenvalue weighted by molar-refractivity contribution is 5.82. The molecule has 2 N–H and O–H groups in total. The second-order valence-corrected chi connectivity index (χ2v) is 6.15. The number of hydrogen-bond acceptors (Lipinski definition) is 6. The molecule has 150 valence electrons. The monoisotopic (exact) mass is 397 g/mol. The van der Waals surface area contributed by atoms with Crippen LogP contribution in [0.2, 0.25) is 0 Å². The van der Waals surface area contributed by atoms with Crippen molar-refractivity contribution in [2.24, 2.45) is 0 Å². The first-order valence-corrected chi connectivity index (χ1v) is 8.75. The van der Waals surface area contributed by atoms with E-state index in [1.54, 1.807) is 49.6 Å². The number of para-hydroxylation sites is 1. The predicted molar refractivity (Wildman–Crippen MR) is 105 cm³/mol. The molecule has 9 nitrogen and oxygen atoms in total. The molecular weight excluding hydrogens is 378 g/mol. The SMILES string of the molecule is COc1cccc(CNC(=O)COC(=O)Cn2c(=O)[nH]c(=O)c3ccccc32)c1. The number of benzene rings is 2. The molecule has 2 aromatic carbocycles. The van der Waals surface area contributed by atoms with Crippen LogP contribution in [-0.4, -0.2) is 35.1 Å². The van der Waals surface area contributed by atoms with Crippen LogP contribution in [0.1, 0.15) is 5.56 Å². The van der Waals surface area contributed by atoms with Crippen LogP contribution in [0, 0.1) is 0 Å². The average molecular weight is 397 g/mol. The number of nitrogens with one attached hydrogen (secondary N) is 2. The zero-order valence-electron chi connectivity index (χ0n) is 15.6. The van der Waals surface area contributed by atoms with Crippen LogP contribution in [0.4, 0.5) is 0 Å². The largest absolute Gasteiger partial charge is 0.497 e. The van der Waals surface area contributed by atoms with Crippen LogP contribution in [0.15, 0.2) is 58.1 Å². The lowest BCUT2D eigenvalue weighted by Crippen LogP contribution is -2.34. The first-order chi connectivity index (χ1) is 14.0. The second kappa shape index (κ2) is 8.87. The molecule has 0 radical (unpaired) electrons. The minimum atomic E-state index is -0.777. The van der Waals surface area contributed by atoms with Crippen molar-refractivity contribution in [1.29, 1.82) is 0 Å². The van der Waals surface area contributed by atoms with Gasteiger partial charge in [0.15, 0.2) is 6.61 Å². The van der Waals surface area contributed by atoms with Crippen LogP contribution in [0.5, 0.6) is 5.75 Å². The Hall–Kier alpha value is -3.88. The van der Waals surface area contributed by atoms with Crippen LogP contribution in [0.3, 0.4) is 0 Å². The van der Waals surface area contributed by atoms with Gasteiger partial charge < -0.3 is 14.8 Å². The second-order valence-electron chi connectivity index (χ2n) is 6.15. The maximum atomic E-state index is 12.1. The van der Waals surface area contributed by atoms with E-state index in [2.05, 4.69) is 10.3 Å². The van der Waals surface area contributed by atoms with Gasteiger partial charge in [-0.15, -0.1) is 0 Å². The number of carbonyl (C=O) groups excluding carboxylic acids is 2. The Kier molecular flexibility index (Phi) is 6.08. The van der Waals surface area contributed by atoms with Gasteiger partial charge in [0.2, 0.25) is 0 Å². The minimum absolute atomic E-state index is 0.248. The molecule has 0 fully saturated rings. The van der Waals surface area contributed by atoms with E-state index >= 15 is 0 Å². The predicted octanol–water partition coefficient (Wildman–Crippen LogP) is 0.558. The number of nitrogens with zero attached hydrogens (tertiary/aromatic N) is 1. The molecule has 3 aromatic rings. The lowest BCUT2D eigenvalue weighted by atomic mass is 10.2. The van der Waals surface area contributed by atoms with Gasteiger partial charge in [-0.05, 0) is 29.8 Å². The third-order valence-corrected chi connectivity index (χ3v) is 4.18. The molecule has 1 heterocycles. The van der Waals surface area contributed by atoms with Crippen LogP contribution in [0.25, 0.3) is 10.9 Å². The van der Waals surface area contributed by atoms with Crippen molar-refractivity contribution >= 4 is 22.8 Å². The van der Waals surface area contributed by atoms with E-state index in [-0.39, 0.29) is 11.9 Å². The molecular formula is C20H19N3O6. The summed E-state index contributed by atoms with van der Waals surface area (Å²) >= 11 is 0. The summed E-state index contributed by atoms with van der Waals surface area (Å²) in [7, 11) is 1.55. The van der Waals surface area contributed by atoms with Gasteiger partial charge in [0.1, 0.15) is 12.3 Å². The molecule has 0 spiro atoms. The van der Waals surface area contributed by atoms with Crippen molar-refractivity contribution in [2.45, 2.75) is 13.1 Å². The lowest BCUT2D eigenvalue weighted by Gasteiger charge is -2.10. The number of aromatic nitrogens is 2. The zero-order chi connectivity index (χ0) is 20.8. The molecule has 0 saturated carbocycles. The van der Waals surface area contributed by atoms with Crippen molar-refractivity contribution in [3.05, 3.63) is 74.9 Å². The zero-order valence-corrected chi connectivity index (χ0v) is 15.6. The normalized spacial score (nSPS) is 10.5. The fourth-order valence-corrected chi connectivity index (χ4v) is 2.75. The topological polar surface area (TPSA) is 119 Å². The van der Waals surface area contributed by atoms with Gasteiger partial charge in [0.05, 0.1) is 18.0 Å². The number of fused-ring (bicyclic) bond motifs is 1. The molecule has 0 aliphatic heterocycles. The first kappa shape index (κ1) is 19.9. The molecule has 29 heavy (non-hydrogen) atoms. The highest BCUT2D eigenvalue weighted by Gasteiger charge is 2.13. The van der Waals surface area contributed by atoms with Crippen molar-refractivity contribution < 1.29 is 19.1 Å². The number of ether oxygens (including phenoxy) is 2. The molecule has 1 amide bonds. The Morgan fingerprint density at radius 3 is 2.69 bits per heavy atom. The highest BCUT2D eigenvalue weighted by Crippen LogP contribution is 2.12. The van der Waals surface area contributed by atoms with Gasteiger partial charge in [-0.2, -0.15) is 0 Å². The fraction of sp³-hybridized carbons (Fsp3) is 0.200. The molecule has 0 unspecified atom stereocenters. The van der Waals surface area contributed by atoms with E-state index in [1.165, 1.54) is 0 Å². The third-order valence-electron chi connectivity index (χ3n) is 4.18. The summed E-state index contributed by atoms with van der Waals surface area (Å²) in [6.45, 7) is -0.671. The van der Waals surface area contributed by atoms with Gasteiger partial charge in [0.25, 0.3) is 11.5 Å². The number of aromatic amines is 1. The first-order valence-electron chi connectivity index (χ1n) is 8.75. The summed E-state index contributed by atoms with van der Waals surface area (Å²) in [5.74, 6) is -0.595. The number of methoxy groups -OCH3 is 1. The summed E-state index contributed by atoms with van der Waals surface area (Å²) in [5, 5.41) is 2.90. The van der Waals surface area contributed by atoms with Gasteiger partial charge >= 0.3 is 11.7 Å². The number of H-pyrrole nitrogens is 1. The maximum Gasteiger partial charge on any atom is 0.329 e. The Balaban J connectivity index is 1.58. The number of esters is 1. The van der Waals surface area contributed by atoms with Gasteiger partial charge in [-0.25, -0.2) is 4.79 Å². The Bertz CT molecular complexity index is 1160. The standard InChI is InChI=1S/C20H19N3O6/c1-28-14-6-4-5-13(9-14)10-21-17(24)12-29-18(25)11-23-16-8-3-2-7-15(16)19(26)22-20(23)27/h2-9H,10-12H2,1H3,(H,21,24)(H,22,26,27). The molecule has 0 atom stereocenters. The summed E-state index contributed by atoms with van der Waals surface area (Å²) in [6.07, 6.45) is 0. The van der Waals surface area contributed by atoms with E-state index in [9.17, 15) is 19.2 Å². The molecule has 3 rings (SSSR count). The minimum Gasteiger partial charge on any atom is -0.497 e. The van der Waals surface area contributed by atoms with Crippen molar-refractivity contribution in [3.8, 4) is 5.75 Å². The van der Waals surface area contributed by atoms with Crippen molar-refractivity contribution in [2.75, 3.05) is 13.7 Å². The number of hydrogen-bond donors (Lipinski definition) is 2. The van der Waals surface area contributed by atoms with E-state index in [1.807, 2.05) is 6.07 Å². The Labute approximate surface area is 164 Å². The van der Waals surface area contributed by atoms with E-state index < -0.39 is 36.3 Å². The van der Waals surface area contributed by atoms with Crippen LogP contribution < -0.4 is 21.3 Å². The van der Waals surface area contributed by atoms with Crippen LogP contribution >= 0.6 is 0 Å². The van der Waals surface area contributed by atoms with E-state index in [4.69, 9.17) is 9.47 Å². The molecule has 0 bridgehead atoms. The summed E-state index contributed by atoms with van der Waals surface area (Å²) in [4.78, 5) is 50.0. The molecule has 9 heteroatoms. The Morgan fingerprint density at radius 2 is 1.90 bits per heavy atom. The van der Waals surface area contributed by atoms with E-state index in [0.717, 1.165) is 10.1 Å². The maximum absolute atomic E-state index is 12.1. The van der Waals surface area contributed by atoms with Crippen LogP contribution in [-0.2, 0) is 27.4 Å². The summed E-state index contributed by atoms with van der Waals surface area (Å²) in [5.41, 5.74) is -0.128. The van der Waals surface area contributed by atoms with Gasteiger partial charge in [0, 0.05) is 6.54 Å². The molecule has 0 aliphatic carbocycles. The average Bonchev–Trinajstić information content (AvgIpc) is 2.74. The molecule has 1 aromatic heterocycles. The van der Waals surface area contributed by atoms with Crippen molar-refractivity contribution in [3.63, 3.8) is 0 Å². The molecule has 0 saturated heterocycles. The number of amides is 1. The summed E-state index contributed by atoms with van der Waals surface area (Å²) in [6, 6.07) is 13.6.